The Kier molecular flexibility index (Phi) is 12.1. The van der Waals surface area contributed by atoms with Crippen LogP contribution >= 0.6 is 23.2 Å². The number of benzene rings is 4. The number of sulfonamides is 1. The van der Waals surface area contributed by atoms with Gasteiger partial charge in [-0.15, -0.1) is 0 Å². The van der Waals surface area contributed by atoms with Crippen LogP contribution in [0.3, 0.4) is 0 Å². The molecule has 1 N–H and O–H groups in total. The average molecular weight is 747 g/mol. The minimum Gasteiger partial charge on any atom is -0.352 e. The topological polar surface area (TPSA) is 86.8 Å². The molecule has 2 amide bonds. The number of nitrogens with one attached hydrogen (secondary N) is 1. The van der Waals surface area contributed by atoms with E-state index in [2.05, 4.69) is 5.32 Å². The lowest BCUT2D eigenvalue weighted by Gasteiger charge is -2.35. The number of rotatable bonds is 12. The average Bonchev–Trinajstić information content (AvgIpc) is 3.11. The van der Waals surface area contributed by atoms with Gasteiger partial charge < -0.3 is 10.2 Å². The molecule has 0 unspecified atom stereocenters. The van der Waals surface area contributed by atoms with Crippen molar-refractivity contribution < 1.29 is 31.2 Å². The summed E-state index contributed by atoms with van der Waals surface area (Å²) in [6.07, 6.45) is -0.177. The Hall–Kier alpha value is -4.06. The lowest BCUT2D eigenvalue weighted by atomic mass is 9.94. The zero-order valence-corrected chi connectivity index (χ0v) is 29.3. The molecule has 50 heavy (non-hydrogen) atoms. The summed E-state index contributed by atoms with van der Waals surface area (Å²) in [5.74, 6) is -1.24. The highest BCUT2D eigenvalue weighted by Gasteiger charge is 2.37. The molecule has 5 rings (SSSR count). The first-order valence-corrected chi connectivity index (χ1v) is 18.4. The number of halogens is 5. The number of carbonyl (C=O) groups is 2. The fourth-order valence-electron chi connectivity index (χ4n) is 6.02. The van der Waals surface area contributed by atoms with Gasteiger partial charge in [0.05, 0.1) is 26.2 Å². The molecule has 1 aliphatic carbocycles. The monoisotopic (exact) mass is 745 g/mol. The van der Waals surface area contributed by atoms with Gasteiger partial charge in [0.15, 0.2) is 0 Å². The van der Waals surface area contributed by atoms with E-state index in [0.717, 1.165) is 49.8 Å². The van der Waals surface area contributed by atoms with Gasteiger partial charge in [-0.25, -0.2) is 8.42 Å². The van der Waals surface area contributed by atoms with Crippen molar-refractivity contribution in [3.05, 3.63) is 130 Å². The van der Waals surface area contributed by atoms with Crippen molar-refractivity contribution in [1.29, 1.82) is 0 Å². The van der Waals surface area contributed by atoms with E-state index in [1.165, 1.54) is 35.2 Å². The summed E-state index contributed by atoms with van der Waals surface area (Å²) in [5, 5.41) is 3.59. The molecule has 1 saturated carbocycles. The maximum atomic E-state index is 14.6. The summed E-state index contributed by atoms with van der Waals surface area (Å²) < 4.78 is 70.4. The van der Waals surface area contributed by atoms with Gasteiger partial charge >= 0.3 is 6.18 Å². The molecule has 0 spiro atoms. The number of nitrogens with zero attached hydrogens (tertiary/aromatic N) is 2. The van der Waals surface area contributed by atoms with Crippen LogP contribution in [-0.4, -0.2) is 43.8 Å². The van der Waals surface area contributed by atoms with E-state index < -0.39 is 46.2 Å². The first kappa shape index (κ1) is 37.2. The number of anilines is 1. The highest BCUT2D eigenvalue weighted by molar-refractivity contribution is 7.92. The van der Waals surface area contributed by atoms with Crippen molar-refractivity contribution in [2.45, 2.75) is 68.2 Å². The smallest absolute Gasteiger partial charge is 0.352 e. The zero-order valence-electron chi connectivity index (χ0n) is 27.0. The highest BCUT2D eigenvalue weighted by atomic mass is 35.5. The summed E-state index contributed by atoms with van der Waals surface area (Å²) in [6.45, 7) is -1.07. The van der Waals surface area contributed by atoms with Crippen LogP contribution in [0, 0.1) is 0 Å². The van der Waals surface area contributed by atoms with E-state index >= 15 is 0 Å². The molecule has 0 bridgehead atoms. The minimum atomic E-state index is -4.78. The fraction of sp³-hybridized carbons (Fsp3) is 0.297. The van der Waals surface area contributed by atoms with Crippen molar-refractivity contribution in [2.24, 2.45) is 0 Å². The maximum Gasteiger partial charge on any atom is 0.416 e. The lowest BCUT2D eigenvalue weighted by molar-refractivity contribution is -0.140. The van der Waals surface area contributed by atoms with Gasteiger partial charge in [0.2, 0.25) is 11.8 Å². The molecular weight excluding hydrogens is 710 g/mol. The maximum absolute atomic E-state index is 14.6. The number of hydrogen-bond acceptors (Lipinski definition) is 4. The van der Waals surface area contributed by atoms with E-state index in [-0.39, 0.29) is 39.6 Å². The van der Waals surface area contributed by atoms with Gasteiger partial charge in [-0.3, -0.25) is 13.9 Å². The third-order valence-electron chi connectivity index (χ3n) is 8.63. The summed E-state index contributed by atoms with van der Waals surface area (Å²) >= 11 is 12.5. The van der Waals surface area contributed by atoms with Gasteiger partial charge in [-0.1, -0.05) is 103 Å². The molecule has 0 aromatic heterocycles. The van der Waals surface area contributed by atoms with Gasteiger partial charge in [0.25, 0.3) is 10.0 Å². The van der Waals surface area contributed by atoms with Crippen molar-refractivity contribution in [2.75, 3.05) is 10.8 Å². The quantitative estimate of drug-likeness (QED) is 0.158. The Balaban J connectivity index is 1.60. The van der Waals surface area contributed by atoms with Crippen LogP contribution in [0.25, 0.3) is 0 Å². The Morgan fingerprint density at radius 2 is 1.46 bits per heavy atom. The van der Waals surface area contributed by atoms with Crippen LogP contribution in [0.1, 0.15) is 48.8 Å². The molecule has 4 aromatic rings. The summed E-state index contributed by atoms with van der Waals surface area (Å²) in [6, 6.07) is 23.5. The summed E-state index contributed by atoms with van der Waals surface area (Å²) in [5.41, 5.74) is -0.197. The number of hydrogen-bond donors (Lipinski definition) is 1. The van der Waals surface area contributed by atoms with Crippen LogP contribution in [-0.2, 0) is 38.8 Å². The Bertz CT molecular complexity index is 1890. The molecule has 264 valence electrons. The molecule has 0 aliphatic heterocycles. The molecule has 0 saturated heterocycles. The second kappa shape index (κ2) is 16.3. The molecular formula is C37H36Cl2F3N3O4S. The third-order valence-corrected chi connectivity index (χ3v) is 11.2. The molecule has 0 radical (unpaired) electrons. The van der Waals surface area contributed by atoms with Crippen LogP contribution in [0.2, 0.25) is 10.0 Å². The number of carbonyl (C=O) groups excluding carboxylic acids is 2. The first-order chi connectivity index (χ1) is 23.8. The minimum absolute atomic E-state index is 0.0848. The van der Waals surface area contributed by atoms with E-state index in [9.17, 15) is 31.2 Å². The Morgan fingerprint density at radius 3 is 2.10 bits per heavy atom. The normalized spacial score (nSPS) is 14.5. The Morgan fingerprint density at radius 1 is 0.800 bits per heavy atom. The van der Waals surface area contributed by atoms with Crippen LogP contribution < -0.4 is 9.62 Å². The highest BCUT2D eigenvalue weighted by Crippen LogP contribution is 2.34. The molecule has 13 heteroatoms. The van der Waals surface area contributed by atoms with Gasteiger partial charge in [0, 0.05) is 19.0 Å². The lowest BCUT2D eigenvalue weighted by Crippen LogP contribution is -2.55. The fourth-order valence-corrected chi connectivity index (χ4v) is 7.77. The largest absolute Gasteiger partial charge is 0.416 e. The summed E-state index contributed by atoms with van der Waals surface area (Å²) in [4.78, 5) is 29.9. The molecule has 1 atom stereocenters. The van der Waals surface area contributed by atoms with Crippen molar-refractivity contribution in [1.82, 2.24) is 10.2 Å². The van der Waals surface area contributed by atoms with Crippen LogP contribution in [0.15, 0.2) is 108 Å². The van der Waals surface area contributed by atoms with E-state index in [1.54, 1.807) is 36.4 Å². The number of amides is 2. The summed E-state index contributed by atoms with van der Waals surface area (Å²) in [7, 11) is -4.58. The Labute approximate surface area is 300 Å². The molecule has 1 fully saturated rings. The van der Waals surface area contributed by atoms with E-state index in [0.29, 0.717) is 15.9 Å². The van der Waals surface area contributed by atoms with Crippen molar-refractivity contribution >= 4 is 50.7 Å². The molecule has 1 aliphatic rings. The standard InChI is InChI=1S/C37H36Cl2F3N3O4S/c38-32-20-19-27(21-33(32)39)24-44(34(22-26-11-4-1-5-12-26)36(47)43-29-14-6-2-7-15-29)35(46)25-45(50(48,49)31-17-8-3-9-18-31)30-16-10-13-28(23-30)37(40,41)42/h1,3-5,8-13,16-21,23,29,34H,2,6-7,14-15,22,24-25H2,(H,43,47)/t34-/m0/s1. The second-order valence-electron chi connectivity index (χ2n) is 12.2. The van der Waals surface area contributed by atoms with E-state index in [1.807, 2.05) is 18.2 Å². The predicted octanol–water partition coefficient (Wildman–Crippen LogP) is 8.30. The third kappa shape index (κ3) is 9.38. The molecule has 7 nitrogen and oxygen atoms in total. The zero-order chi connectivity index (χ0) is 35.9. The number of alkyl halides is 3. The SMILES string of the molecule is O=C(NC1CCCCC1)[C@H](Cc1ccccc1)N(Cc1ccc(Cl)c(Cl)c1)C(=O)CN(c1cccc(C(F)(F)F)c1)S(=O)(=O)c1ccccc1. The predicted molar refractivity (Wildman–Crippen MR) is 188 cm³/mol. The van der Waals surface area contributed by atoms with Crippen LogP contribution in [0.4, 0.5) is 18.9 Å². The van der Waals surface area contributed by atoms with Gasteiger partial charge in [-0.05, 0) is 66.4 Å². The second-order valence-corrected chi connectivity index (χ2v) is 14.9. The van der Waals surface area contributed by atoms with Gasteiger partial charge in [-0.2, -0.15) is 13.2 Å². The van der Waals surface area contributed by atoms with Crippen LogP contribution in [0.5, 0.6) is 0 Å². The van der Waals surface area contributed by atoms with E-state index in [4.69, 9.17) is 23.2 Å². The van der Waals surface area contributed by atoms with Crippen molar-refractivity contribution in [3.63, 3.8) is 0 Å². The van der Waals surface area contributed by atoms with Crippen molar-refractivity contribution in [3.8, 4) is 0 Å². The van der Waals surface area contributed by atoms with Gasteiger partial charge in [0.1, 0.15) is 12.6 Å². The first-order valence-electron chi connectivity index (χ1n) is 16.2. The molecule has 4 aromatic carbocycles. The molecule has 0 heterocycles.